The van der Waals surface area contributed by atoms with Crippen LogP contribution in [0.15, 0.2) is 47.4 Å². The van der Waals surface area contributed by atoms with Crippen molar-refractivity contribution in [1.82, 2.24) is 0 Å². The maximum absolute atomic E-state index is 13.4. The minimum atomic E-state index is -0.211. The topological polar surface area (TPSA) is 26.0 Å². The Kier molecular flexibility index (Phi) is 3.92. The van der Waals surface area contributed by atoms with E-state index in [-0.39, 0.29) is 5.82 Å². The van der Waals surface area contributed by atoms with Crippen LogP contribution in [0.3, 0.4) is 0 Å². The van der Waals surface area contributed by atoms with Crippen molar-refractivity contribution in [3.8, 4) is 0 Å². The molecule has 0 aromatic heterocycles. The Hall–Kier alpha value is -1.19. The Morgan fingerprint density at radius 2 is 1.94 bits per heavy atom. The van der Waals surface area contributed by atoms with Crippen LogP contribution < -0.4 is 5.73 Å². The number of rotatable bonds is 3. The molecule has 0 spiro atoms. The van der Waals surface area contributed by atoms with Crippen LogP contribution in [0.2, 0.25) is 5.02 Å². The summed E-state index contributed by atoms with van der Waals surface area (Å²) < 4.78 is 13.4. The molecular weight excluding hydrogens is 257 g/mol. The van der Waals surface area contributed by atoms with Gasteiger partial charge in [-0.05, 0) is 35.9 Å². The van der Waals surface area contributed by atoms with E-state index in [0.717, 1.165) is 5.56 Å². The van der Waals surface area contributed by atoms with Crippen LogP contribution in [-0.2, 0) is 5.75 Å². The van der Waals surface area contributed by atoms with Gasteiger partial charge in [-0.15, -0.1) is 11.8 Å². The molecular formula is C13H11ClFNS. The molecule has 2 aromatic rings. The maximum atomic E-state index is 13.4. The molecule has 0 aliphatic heterocycles. The highest BCUT2D eigenvalue weighted by Crippen LogP contribution is 2.29. The third-order valence-electron chi connectivity index (χ3n) is 2.29. The summed E-state index contributed by atoms with van der Waals surface area (Å²) in [6, 6.07) is 12.0. The van der Waals surface area contributed by atoms with Crippen molar-refractivity contribution < 1.29 is 4.39 Å². The zero-order valence-electron chi connectivity index (χ0n) is 8.99. The van der Waals surface area contributed by atoms with Gasteiger partial charge in [0.15, 0.2) is 0 Å². The van der Waals surface area contributed by atoms with Crippen LogP contribution in [0.25, 0.3) is 0 Å². The minimum absolute atomic E-state index is 0.211. The zero-order chi connectivity index (χ0) is 12.3. The van der Waals surface area contributed by atoms with E-state index in [1.807, 2.05) is 12.1 Å². The largest absolute Gasteiger partial charge is 0.399 e. The molecule has 2 rings (SSSR count). The van der Waals surface area contributed by atoms with Gasteiger partial charge in [0, 0.05) is 21.4 Å². The summed E-state index contributed by atoms with van der Waals surface area (Å²) in [5.41, 5.74) is 7.27. The molecule has 0 atom stereocenters. The molecule has 0 bridgehead atoms. The van der Waals surface area contributed by atoms with Crippen molar-refractivity contribution in [2.45, 2.75) is 10.6 Å². The van der Waals surface area contributed by atoms with E-state index >= 15 is 0 Å². The third-order valence-corrected chi connectivity index (χ3v) is 3.76. The van der Waals surface area contributed by atoms with E-state index in [1.165, 1.54) is 17.8 Å². The second-order valence-electron chi connectivity index (χ2n) is 3.57. The van der Waals surface area contributed by atoms with E-state index in [9.17, 15) is 4.39 Å². The van der Waals surface area contributed by atoms with Gasteiger partial charge in [0.25, 0.3) is 0 Å². The quantitative estimate of drug-likeness (QED) is 0.661. The summed E-state index contributed by atoms with van der Waals surface area (Å²) in [4.78, 5) is 0.617. The first-order valence-electron chi connectivity index (χ1n) is 5.08. The summed E-state index contributed by atoms with van der Waals surface area (Å²) in [6.07, 6.45) is 0. The normalized spacial score (nSPS) is 10.5. The highest BCUT2D eigenvalue weighted by atomic mass is 35.5. The number of hydrogen-bond acceptors (Lipinski definition) is 2. The van der Waals surface area contributed by atoms with Gasteiger partial charge in [0.2, 0.25) is 0 Å². The second kappa shape index (κ2) is 5.43. The van der Waals surface area contributed by atoms with Crippen molar-refractivity contribution >= 4 is 29.1 Å². The lowest BCUT2D eigenvalue weighted by Crippen LogP contribution is -1.89. The molecule has 2 aromatic carbocycles. The van der Waals surface area contributed by atoms with E-state index in [4.69, 9.17) is 17.3 Å². The lowest BCUT2D eigenvalue weighted by Gasteiger charge is -2.06. The third kappa shape index (κ3) is 3.14. The number of thioether (sulfide) groups is 1. The summed E-state index contributed by atoms with van der Waals surface area (Å²) in [6.45, 7) is 0. The summed E-state index contributed by atoms with van der Waals surface area (Å²) in [5.74, 6) is 0.391. The Balaban J connectivity index is 2.12. The molecule has 0 radical (unpaired) electrons. The Bertz CT molecular complexity index is 531. The molecule has 88 valence electrons. The zero-order valence-corrected chi connectivity index (χ0v) is 10.6. The molecule has 2 N–H and O–H groups in total. The molecule has 0 heterocycles. The van der Waals surface area contributed by atoms with Gasteiger partial charge in [0.1, 0.15) is 5.82 Å². The van der Waals surface area contributed by atoms with Crippen molar-refractivity contribution in [3.05, 3.63) is 58.9 Å². The van der Waals surface area contributed by atoms with Crippen LogP contribution >= 0.6 is 23.4 Å². The highest BCUT2D eigenvalue weighted by molar-refractivity contribution is 7.98. The van der Waals surface area contributed by atoms with Crippen molar-refractivity contribution in [1.29, 1.82) is 0 Å². The number of nitrogen functional groups attached to an aromatic ring is 1. The lowest BCUT2D eigenvalue weighted by atomic mass is 10.2. The Morgan fingerprint density at radius 1 is 1.18 bits per heavy atom. The first-order chi connectivity index (χ1) is 8.16. The number of halogens is 2. The molecule has 0 saturated heterocycles. The SMILES string of the molecule is Nc1ccc(Cl)c(CSc2ccccc2F)c1. The molecule has 0 saturated carbocycles. The molecule has 0 unspecified atom stereocenters. The Labute approximate surface area is 109 Å². The predicted octanol–water partition coefficient (Wildman–Crippen LogP) is 4.35. The highest BCUT2D eigenvalue weighted by Gasteiger charge is 2.05. The summed E-state index contributed by atoms with van der Waals surface area (Å²) in [5, 5.41) is 0.656. The maximum Gasteiger partial charge on any atom is 0.136 e. The smallest absolute Gasteiger partial charge is 0.136 e. The van der Waals surface area contributed by atoms with Gasteiger partial charge in [-0.2, -0.15) is 0 Å². The van der Waals surface area contributed by atoms with Gasteiger partial charge >= 0.3 is 0 Å². The average molecular weight is 268 g/mol. The molecule has 0 fully saturated rings. The fraction of sp³-hybridized carbons (Fsp3) is 0.0769. The molecule has 1 nitrogen and oxygen atoms in total. The molecule has 0 aliphatic rings. The van der Waals surface area contributed by atoms with E-state index < -0.39 is 0 Å². The first kappa shape index (κ1) is 12.3. The van der Waals surface area contributed by atoms with Crippen LogP contribution in [0.5, 0.6) is 0 Å². The second-order valence-corrected chi connectivity index (χ2v) is 4.99. The molecule has 4 heteroatoms. The van der Waals surface area contributed by atoms with Crippen LogP contribution in [-0.4, -0.2) is 0 Å². The van der Waals surface area contributed by atoms with Gasteiger partial charge in [0.05, 0.1) is 0 Å². The standard InChI is InChI=1S/C13H11ClFNS/c14-11-6-5-10(16)7-9(11)8-17-13-4-2-1-3-12(13)15/h1-7H,8,16H2. The number of anilines is 1. The molecule has 0 aliphatic carbocycles. The van der Waals surface area contributed by atoms with Crippen molar-refractivity contribution in [2.24, 2.45) is 0 Å². The summed E-state index contributed by atoms with van der Waals surface area (Å²) in [7, 11) is 0. The van der Waals surface area contributed by atoms with Crippen LogP contribution in [0, 0.1) is 5.82 Å². The van der Waals surface area contributed by atoms with Gasteiger partial charge in [-0.25, -0.2) is 4.39 Å². The fourth-order valence-electron chi connectivity index (χ4n) is 1.42. The van der Waals surface area contributed by atoms with Gasteiger partial charge < -0.3 is 5.73 Å². The van der Waals surface area contributed by atoms with Gasteiger partial charge in [-0.1, -0.05) is 23.7 Å². The number of benzene rings is 2. The summed E-state index contributed by atoms with van der Waals surface area (Å²) >= 11 is 7.45. The van der Waals surface area contributed by atoms with E-state index in [0.29, 0.717) is 21.4 Å². The molecule has 17 heavy (non-hydrogen) atoms. The van der Waals surface area contributed by atoms with Gasteiger partial charge in [-0.3, -0.25) is 0 Å². The molecule has 0 amide bonds. The van der Waals surface area contributed by atoms with E-state index in [1.54, 1.807) is 24.3 Å². The number of hydrogen-bond donors (Lipinski definition) is 1. The van der Waals surface area contributed by atoms with E-state index in [2.05, 4.69) is 0 Å². The predicted molar refractivity (Wildman–Crippen MR) is 71.8 cm³/mol. The van der Waals surface area contributed by atoms with Crippen molar-refractivity contribution in [2.75, 3.05) is 5.73 Å². The fourth-order valence-corrected chi connectivity index (χ4v) is 2.62. The van der Waals surface area contributed by atoms with Crippen LogP contribution in [0.4, 0.5) is 10.1 Å². The Morgan fingerprint density at radius 3 is 2.71 bits per heavy atom. The van der Waals surface area contributed by atoms with Crippen LogP contribution in [0.1, 0.15) is 5.56 Å². The number of nitrogens with two attached hydrogens (primary N) is 1. The minimum Gasteiger partial charge on any atom is -0.399 e. The average Bonchev–Trinajstić information content (AvgIpc) is 2.32. The van der Waals surface area contributed by atoms with Crippen molar-refractivity contribution in [3.63, 3.8) is 0 Å². The lowest BCUT2D eigenvalue weighted by molar-refractivity contribution is 0.602. The monoisotopic (exact) mass is 267 g/mol. The first-order valence-corrected chi connectivity index (χ1v) is 6.44.